The number of rotatable bonds is 5. The minimum Gasteiger partial charge on any atom is -0.396 e. The van der Waals surface area contributed by atoms with Crippen LogP contribution in [0.2, 0.25) is 0 Å². The highest BCUT2D eigenvalue weighted by atomic mass is 16.3. The predicted molar refractivity (Wildman–Crippen MR) is 68.4 cm³/mol. The summed E-state index contributed by atoms with van der Waals surface area (Å²) in [5, 5.41) is 8.96. The molecule has 0 aromatic rings. The molecule has 2 unspecified atom stereocenters. The largest absolute Gasteiger partial charge is 0.396 e. The van der Waals surface area contributed by atoms with Crippen LogP contribution in [0.5, 0.6) is 0 Å². The Morgan fingerprint density at radius 1 is 1.53 bits per heavy atom. The van der Waals surface area contributed by atoms with Gasteiger partial charge in [0, 0.05) is 26.2 Å². The maximum Gasteiger partial charge on any atom is 0.227 e. The average Bonchev–Trinajstić information content (AvgIpc) is 2.30. The van der Waals surface area contributed by atoms with Crippen molar-refractivity contribution in [1.29, 1.82) is 0 Å². The second-order valence-corrected chi connectivity index (χ2v) is 5.39. The van der Waals surface area contributed by atoms with E-state index in [2.05, 4.69) is 0 Å². The fraction of sp³-hybridized carbons (Fsp3) is 0.923. The van der Waals surface area contributed by atoms with Gasteiger partial charge in [0.15, 0.2) is 0 Å². The summed E-state index contributed by atoms with van der Waals surface area (Å²) < 4.78 is 0. The normalized spacial score (nSPS) is 22.9. The van der Waals surface area contributed by atoms with Gasteiger partial charge in [0.2, 0.25) is 5.91 Å². The summed E-state index contributed by atoms with van der Waals surface area (Å²) in [6.45, 7) is 6.39. The number of aliphatic hydroxyl groups is 1. The number of piperidine rings is 1. The van der Waals surface area contributed by atoms with Gasteiger partial charge in [-0.3, -0.25) is 4.79 Å². The topological polar surface area (TPSA) is 66.6 Å². The summed E-state index contributed by atoms with van der Waals surface area (Å²) in [5.41, 5.74) is 5.69. The second-order valence-electron chi connectivity index (χ2n) is 5.39. The molecule has 1 heterocycles. The first kappa shape index (κ1) is 14.5. The molecule has 1 fully saturated rings. The number of nitrogens with zero attached hydrogens (tertiary/aromatic N) is 1. The van der Waals surface area contributed by atoms with E-state index in [1.807, 2.05) is 18.7 Å². The first-order valence-corrected chi connectivity index (χ1v) is 6.69. The van der Waals surface area contributed by atoms with Crippen molar-refractivity contribution >= 4 is 5.91 Å². The lowest BCUT2D eigenvalue weighted by Crippen LogP contribution is -2.46. The van der Waals surface area contributed by atoms with Crippen LogP contribution in [0, 0.1) is 17.8 Å². The second kappa shape index (κ2) is 6.97. The fourth-order valence-corrected chi connectivity index (χ4v) is 2.58. The molecule has 3 N–H and O–H groups in total. The van der Waals surface area contributed by atoms with Gasteiger partial charge in [-0.2, -0.15) is 0 Å². The van der Waals surface area contributed by atoms with Crippen molar-refractivity contribution in [2.24, 2.45) is 23.5 Å². The number of nitrogens with two attached hydrogens (primary N) is 1. The first-order chi connectivity index (χ1) is 8.10. The molecule has 1 aliphatic heterocycles. The monoisotopic (exact) mass is 242 g/mol. The number of amides is 1. The highest BCUT2D eigenvalue weighted by Gasteiger charge is 2.29. The van der Waals surface area contributed by atoms with Crippen molar-refractivity contribution in [3.8, 4) is 0 Å². The highest BCUT2D eigenvalue weighted by molar-refractivity contribution is 5.79. The Morgan fingerprint density at radius 2 is 2.24 bits per heavy atom. The van der Waals surface area contributed by atoms with Crippen molar-refractivity contribution in [2.45, 2.75) is 33.1 Å². The van der Waals surface area contributed by atoms with Gasteiger partial charge in [-0.15, -0.1) is 0 Å². The average molecular weight is 242 g/mol. The third-order valence-corrected chi connectivity index (χ3v) is 3.74. The Hall–Kier alpha value is -0.610. The zero-order chi connectivity index (χ0) is 12.8. The molecule has 100 valence electrons. The number of carbonyl (C=O) groups excluding carboxylic acids is 1. The molecule has 0 aromatic heterocycles. The maximum absolute atomic E-state index is 12.3. The van der Waals surface area contributed by atoms with Gasteiger partial charge in [0.05, 0.1) is 5.92 Å². The molecule has 2 atom stereocenters. The molecule has 0 aromatic carbocycles. The molecule has 0 aliphatic carbocycles. The molecular weight excluding hydrogens is 216 g/mol. The van der Waals surface area contributed by atoms with Gasteiger partial charge in [0.1, 0.15) is 0 Å². The zero-order valence-electron chi connectivity index (χ0n) is 11.1. The van der Waals surface area contributed by atoms with Crippen LogP contribution < -0.4 is 5.73 Å². The number of hydrogen-bond donors (Lipinski definition) is 2. The van der Waals surface area contributed by atoms with E-state index < -0.39 is 0 Å². The maximum atomic E-state index is 12.3. The lowest BCUT2D eigenvalue weighted by atomic mass is 9.90. The summed E-state index contributed by atoms with van der Waals surface area (Å²) in [6, 6.07) is 0. The van der Waals surface area contributed by atoms with Gasteiger partial charge >= 0.3 is 0 Å². The number of hydrogen-bond acceptors (Lipinski definition) is 3. The molecule has 4 nitrogen and oxygen atoms in total. The molecule has 0 saturated carbocycles. The van der Waals surface area contributed by atoms with Gasteiger partial charge in [0.25, 0.3) is 0 Å². The Labute approximate surface area is 104 Å². The third kappa shape index (κ3) is 3.96. The van der Waals surface area contributed by atoms with Crippen LogP contribution in [0.3, 0.4) is 0 Å². The molecule has 0 bridgehead atoms. The van der Waals surface area contributed by atoms with E-state index >= 15 is 0 Å². The van der Waals surface area contributed by atoms with Crippen LogP contribution in [0.25, 0.3) is 0 Å². The first-order valence-electron chi connectivity index (χ1n) is 6.69. The summed E-state index contributed by atoms with van der Waals surface area (Å²) in [7, 11) is 0. The summed E-state index contributed by atoms with van der Waals surface area (Å²) in [4.78, 5) is 14.2. The van der Waals surface area contributed by atoms with Gasteiger partial charge in [-0.1, -0.05) is 13.8 Å². The van der Waals surface area contributed by atoms with E-state index in [9.17, 15) is 4.79 Å². The minimum atomic E-state index is -0.0529. The fourth-order valence-electron chi connectivity index (χ4n) is 2.58. The van der Waals surface area contributed by atoms with Crippen LogP contribution in [-0.4, -0.2) is 42.2 Å². The van der Waals surface area contributed by atoms with Gasteiger partial charge in [-0.25, -0.2) is 0 Å². The van der Waals surface area contributed by atoms with Crippen LogP contribution in [0.1, 0.15) is 33.1 Å². The predicted octanol–water partition coefficient (Wildman–Crippen LogP) is 0.838. The lowest BCUT2D eigenvalue weighted by molar-refractivity contribution is -0.138. The number of aliphatic hydroxyl groups excluding tert-OH is 1. The molecule has 1 saturated heterocycles. The van der Waals surface area contributed by atoms with Crippen molar-refractivity contribution in [3.05, 3.63) is 0 Å². The van der Waals surface area contributed by atoms with Crippen LogP contribution >= 0.6 is 0 Å². The third-order valence-electron chi connectivity index (χ3n) is 3.74. The Kier molecular flexibility index (Phi) is 5.92. The number of carbonyl (C=O) groups is 1. The molecule has 1 rings (SSSR count). The summed E-state index contributed by atoms with van der Waals surface area (Å²) >= 11 is 0. The van der Waals surface area contributed by atoms with Crippen LogP contribution in [0.15, 0.2) is 0 Å². The standard InChI is InChI=1S/C13H26N2O2/c1-10(2)12(8-14)13(17)15-6-3-4-11(9-15)5-7-16/h10-12,16H,3-9,14H2,1-2H3. The van der Waals surface area contributed by atoms with Crippen molar-refractivity contribution in [2.75, 3.05) is 26.2 Å². The highest BCUT2D eigenvalue weighted by Crippen LogP contribution is 2.22. The molecule has 0 radical (unpaired) electrons. The van der Waals surface area contributed by atoms with E-state index in [-0.39, 0.29) is 18.4 Å². The minimum absolute atomic E-state index is 0.0529. The van der Waals surface area contributed by atoms with E-state index in [0.717, 1.165) is 32.4 Å². The lowest BCUT2D eigenvalue weighted by Gasteiger charge is -2.35. The van der Waals surface area contributed by atoms with Crippen molar-refractivity contribution in [1.82, 2.24) is 4.90 Å². The van der Waals surface area contributed by atoms with Gasteiger partial charge < -0.3 is 15.7 Å². The smallest absolute Gasteiger partial charge is 0.227 e. The molecular formula is C13H26N2O2. The Balaban J connectivity index is 2.56. The Bertz CT molecular complexity index is 242. The van der Waals surface area contributed by atoms with E-state index in [0.29, 0.717) is 18.4 Å². The summed E-state index contributed by atoms with van der Waals surface area (Å²) in [5.74, 6) is 0.905. The quantitative estimate of drug-likeness (QED) is 0.750. The van der Waals surface area contributed by atoms with E-state index in [1.54, 1.807) is 0 Å². The van der Waals surface area contributed by atoms with Crippen molar-refractivity contribution in [3.63, 3.8) is 0 Å². The molecule has 1 amide bonds. The zero-order valence-corrected chi connectivity index (χ0v) is 11.1. The van der Waals surface area contributed by atoms with Gasteiger partial charge in [-0.05, 0) is 31.1 Å². The molecule has 1 aliphatic rings. The van der Waals surface area contributed by atoms with E-state index in [1.165, 1.54) is 0 Å². The molecule has 17 heavy (non-hydrogen) atoms. The SMILES string of the molecule is CC(C)C(CN)C(=O)N1CCCC(CCO)C1. The van der Waals surface area contributed by atoms with Crippen LogP contribution in [-0.2, 0) is 4.79 Å². The number of likely N-dealkylation sites (tertiary alicyclic amines) is 1. The van der Waals surface area contributed by atoms with E-state index in [4.69, 9.17) is 10.8 Å². The molecule has 4 heteroatoms. The molecule has 0 spiro atoms. The summed E-state index contributed by atoms with van der Waals surface area (Å²) in [6.07, 6.45) is 2.98. The van der Waals surface area contributed by atoms with Crippen LogP contribution in [0.4, 0.5) is 0 Å². The van der Waals surface area contributed by atoms with Crippen molar-refractivity contribution < 1.29 is 9.90 Å². The Morgan fingerprint density at radius 3 is 2.76 bits per heavy atom.